The summed E-state index contributed by atoms with van der Waals surface area (Å²) in [5, 5.41) is 9.08. The minimum Gasteiger partial charge on any atom is -0.383 e. The Balaban J connectivity index is 2.01. The van der Waals surface area contributed by atoms with Crippen LogP contribution in [-0.4, -0.2) is 34.9 Å². The molecule has 0 aromatic carbocycles. The van der Waals surface area contributed by atoms with E-state index >= 15 is 0 Å². The van der Waals surface area contributed by atoms with Crippen molar-refractivity contribution in [2.45, 2.75) is 25.5 Å². The molecule has 0 bridgehead atoms. The van der Waals surface area contributed by atoms with Gasteiger partial charge in [-0.05, 0) is 13.3 Å². The Kier molecular flexibility index (Phi) is 2.59. The van der Waals surface area contributed by atoms with Gasteiger partial charge in [0.1, 0.15) is 11.4 Å². The highest BCUT2D eigenvalue weighted by molar-refractivity contribution is 5.98. The number of aromatic amines is 1. The number of amides is 1. The molecule has 82 valence electrons. The zero-order valence-electron chi connectivity index (χ0n) is 8.49. The number of nitrogens with two attached hydrogens (primary N) is 1. The van der Waals surface area contributed by atoms with Crippen LogP contribution in [0.1, 0.15) is 23.7 Å². The summed E-state index contributed by atoms with van der Waals surface area (Å²) >= 11 is 0. The third kappa shape index (κ3) is 1.94. The van der Waals surface area contributed by atoms with Gasteiger partial charge in [-0.15, -0.1) is 0 Å². The molecular weight excluding hydrogens is 196 g/mol. The zero-order chi connectivity index (χ0) is 10.8. The summed E-state index contributed by atoms with van der Waals surface area (Å²) in [6.45, 7) is 2.63. The first-order valence-electron chi connectivity index (χ1n) is 4.90. The van der Waals surface area contributed by atoms with Gasteiger partial charge in [0.15, 0.2) is 0 Å². The maximum Gasteiger partial charge on any atom is 0.256 e. The van der Waals surface area contributed by atoms with Crippen LogP contribution in [0.3, 0.4) is 0 Å². The first-order chi connectivity index (χ1) is 7.18. The van der Waals surface area contributed by atoms with Crippen molar-refractivity contribution in [1.82, 2.24) is 15.5 Å². The maximum atomic E-state index is 11.7. The van der Waals surface area contributed by atoms with Gasteiger partial charge in [0.2, 0.25) is 0 Å². The van der Waals surface area contributed by atoms with Gasteiger partial charge in [-0.2, -0.15) is 5.10 Å². The second-order valence-electron chi connectivity index (χ2n) is 3.64. The fourth-order valence-corrected chi connectivity index (χ4v) is 1.64. The molecular formula is C9H14N4O2. The first kappa shape index (κ1) is 9.97. The van der Waals surface area contributed by atoms with E-state index in [1.807, 2.05) is 6.92 Å². The van der Waals surface area contributed by atoms with Gasteiger partial charge in [0.25, 0.3) is 5.91 Å². The van der Waals surface area contributed by atoms with E-state index in [2.05, 4.69) is 15.5 Å². The molecule has 4 N–H and O–H groups in total. The molecule has 1 amide bonds. The third-order valence-electron chi connectivity index (χ3n) is 2.61. The van der Waals surface area contributed by atoms with Crippen molar-refractivity contribution >= 4 is 11.7 Å². The van der Waals surface area contributed by atoms with Crippen LogP contribution >= 0.6 is 0 Å². The molecule has 0 saturated carbocycles. The van der Waals surface area contributed by atoms with Crippen LogP contribution in [0.25, 0.3) is 0 Å². The Labute approximate surface area is 87.2 Å². The number of nitrogens with one attached hydrogen (secondary N) is 2. The van der Waals surface area contributed by atoms with E-state index in [0.29, 0.717) is 18.0 Å². The minimum atomic E-state index is -0.205. The summed E-state index contributed by atoms with van der Waals surface area (Å²) in [6, 6.07) is 0.0619. The topological polar surface area (TPSA) is 93.0 Å². The minimum absolute atomic E-state index is 0.0575. The molecule has 1 aromatic heterocycles. The Hall–Kier alpha value is -1.56. The van der Waals surface area contributed by atoms with Crippen LogP contribution in [0.5, 0.6) is 0 Å². The van der Waals surface area contributed by atoms with Crippen LogP contribution in [-0.2, 0) is 4.74 Å². The molecule has 2 heterocycles. The van der Waals surface area contributed by atoms with Crippen molar-refractivity contribution in [3.8, 4) is 0 Å². The number of carbonyl (C=O) groups excluding carboxylic acids is 1. The molecule has 1 aliphatic rings. The number of nitrogens with zero attached hydrogens (tertiary/aromatic N) is 1. The lowest BCUT2D eigenvalue weighted by atomic mass is 10.1. The van der Waals surface area contributed by atoms with Gasteiger partial charge in [-0.1, -0.05) is 0 Å². The fourth-order valence-electron chi connectivity index (χ4n) is 1.64. The average molecular weight is 210 g/mol. The summed E-state index contributed by atoms with van der Waals surface area (Å²) in [5.74, 6) is 0.0858. The van der Waals surface area contributed by atoms with E-state index in [-0.39, 0.29) is 18.1 Å². The molecule has 6 heteroatoms. The quantitative estimate of drug-likeness (QED) is 0.635. The monoisotopic (exact) mass is 210 g/mol. The highest BCUT2D eigenvalue weighted by Crippen LogP contribution is 2.14. The van der Waals surface area contributed by atoms with Crippen LogP contribution in [0.2, 0.25) is 0 Å². The van der Waals surface area contributed by atoms with Crippen LogP contribution < -0.4 is 11.1 Å². The second-order valence-corrected chi connectivity index (χ2v) is 3.64. The molecule has 1 aromatic rings. The number of nitrogen functional groups attached to an aromatic ring is 1. The third-order valence-corrected chi connectivity index (χ3v) is 2.61. The number of hydrogen-bond donors (Lipinski definition) is 3. The van der Waals surface area contributed by atoms with E-state index in [1.165, 1.54) is 6.20 Å². The van der Waals surface area contributed by atoms with Crippen LogP contribution in [0, 0.1) is 0 Å². The number of H-pyrrole nitrogens is 1. The number of anilines is 1. The van der Waals surface area contributed by atoms with Gasteiger partial charge < -0.3 is 15.8 Å². The maximum absolute atomic E-state index is 11.7. The summed E-state index contributed by atoms with van der Waals surface area (Å²) in [5.41, 5.74) is 5.92. The Morgan fingerprint density at radius 3 is 3.13 bits per heavy atom. The van der Waals surface area contributed by atoms with Gasteiger partial charge in [-0.3, -0.25) is 9.89 Å². The molecule has 2 rings (SSSR count). The molecule has 0 spiro atoms. The van der Waals surface area contributed by atoms with E-state index < -0.39 is 0 Å². The summed E-state index contributed by atoms with van der Waals surface area (Å²) < 4.78 is 5.34. The second kappa shape index (κ2) is 3.90. The van der Waals surface area contributed by atoms with Crippen molar-refractivity contribution in [1.29, 1.82) is 0 Å². The van der Waals surface area contributed by atoms with E-state index in [1.54, 1.807) is 0 Å². The zero-order valence-corrected chi connectivity index (χ0v) is 8.49. The molecule has 0 aliphatic carbocycles. The number of rotatable bonds is 2. The lowest BCUT2D eigenvalue weighted by Gasteiger charge is -2.15. The normalized spacial score (nSPS) is 25.4. The van der Waals surface area contributed by atoms with Gasteiger partial charge >= 0.3 is 0 Å². The number of aromatic nitrogens is 2. The average Bonchev–Trinajstić information content (AvgIpc) is 2.76. The van der Waals surface area contributed by atoms with Crippen LogP contribution in [0.4, 0.5) is 5.82 Å². The predicted molar refractivity (Wildman–Crippen MR) is 54.3 cm³/mol. The molecule has 15 heavy (non-hydrogen) atoms. The van der Waals surface area contributed by atoms with Crippen molar-refractivity contribution in [3.63, 3.8) is 0 Å². The van der Waals surface area contributed by atoms with Crippen molar-refractivity contribution in [2.75, 3.05) is 12.3 Å². The summed E-state index contributed by atoms with van der Waals surface area (Å²) in [4.78, 5) is 11.7. The lowest BCUT2D eigenvalue weighted by Crippen LogP contribution is -2.39. The fraction of sp³-hybridized carbons (Fsp3) is 0.556. The van der Waals surface area contributed by atoms with Gasteiger partial charge in [0, 0.05) is 6.61 Å². The molecule has 6 nitrogen and oxygen atoms in total. The largest absolute Gasteiger partial charge is 0.383 e. The van der Waals surface area contributed by atoms with E-state index in [4.69, 9.17) is 10.5 Å². The van der Waals surface area contributed by atoms with Crippen molar-refractivity contribution in [2.24, 2.45) is 0 Å². The first-order valence-corrected chi connectivity index (χ1v) is 4.90. The Bertz CT molecular complexity index is 363. The summed E-state index contributed by atoms with van der Waals surface area (Å²) in [6.07, 6.45) is 2.32. The van der Waals surface area contributed by atoms with Gasteiger partial charge in [-0.25, -0.2) is 0 Å². The number of hydrogen-bond acceptors (Lipinski definition) is 4. The van der Waals surface area contributed by atoms with Crippen molar-refractivity contribution < 1.29 is 9.53 Å². The smallest absolute Gasteiger partial charge is 0.256 e. The predicted octanol–water partition coefficient (Wildman–Crippen LogP) is -0.101. The Morgan fingerprint density at radius 1 is 1.80 bits per heavy atom. The van der Waals surface area contributed by atoms with Gasteiger partial charge in [0.05, 0.1) is 18.3 Å². The number of carbonyl (C=O) groups is 1. The molecule has 1 fully saturated rings. The molecule has 1 aliphatic heterocycles. The van der Waals surface area contributed by atoms with E-state index in [0.717, 1.165) is 6.42 Å². The van der Waals surface area contributed by atoms with E-state index in [9.17, 15) is 4.79 Å². The molecule has 1 saturated heterocycles. The highest BCUT2D eigenvalue weighted by Gasteiger charge is 2.26. The Morgan fingerprint density at radius 2 is 2.60 bits per heavy atom. The highest BCUT2D eigenvalue weighted by atomic mass is 16.5. The van der Waals surface area contributed by atoms with Crippen molar-refractivity contribution in [3.05, 3.63) is 11.8 Å². The molecule has 2 unspecified atom stereocenters. The molecule has 2 atom stereocenters. The number of ether oxygens (including phenoxy) is 1. The standard InChI is InChI=1S/C9H14N4O2/c1-5-7(2-3-15-5)12-9(14)6-4-11-13-8(6)10/h4-5,7H,2-3H2,1H3,(H,12,14)(H3,10,11,13). The molecule has 0 radical (unpaired) electrons. The lowest BCUT2D eigenvalue weighted by molar-refractivity contribution is 0.0867. The summed E-state index contributed by atoms with van der Waals surface area (Å²) in [7, 11) is 0. The van der Waals surface area contributed by atoms with Crippen LogP contribution in [0.15, 0.2) is 6.20 Å². The SMILES string of the molecule is CC1OCCC1NC(=O)c1cn[nH]c1N.